The zero-order valence-corrected chi connectivity index (χ0v) is 16.1. The molecule has 1 aromatic heterocycles. The molecule has 3 atom stereocenters. The van der Waals surface area contributed by atoms with Crippen LogP contribution in [0.4, 0.5) is 0 Å². The molecule has 144 valence electrons. The van der Waals surface area contributed by atoms with Crippen molar-refractivity contribution in [3.63, 3.8) is 0 Å². The fourth-order valence-corrected chi connectivity index (χ4v) is 4.11. The normalized spacial score (nSPS) is 27.4. The van der Waals surface area contributed by atoms with Crippen molar-refractivity contribution in [2.45, 2.75) is 38.3 Å². The Kier molecular flexibility index (Phi) is 5.67. The molecule has 0 saturated heterocycles. The van der Waals surface area contributed by atoms with Crippen LogP contribution in [0, 0.1) is 11.3 Å². The van der Waals surface area contributed by atoms with Crippen LogP contribution >= 0.6 is 11.6 Å². The van der Waals surface area contributed by atoms with Crippen LogP contribution in [-0.4, -0.2) is 38.0 Å². The zero-order chi connectivity index (χ0) is 19.5. The highest BCUT2D eigenvalue weighted by atomic mass is 35.5. The third-order valence-corrected chi connectivity index (χ3v) is 5.92. The standard InChI is InChI=1S/C20H24ClN3O3/c1-3-10-27-18(25)19(2)9-8-16(11-15-4-6-17(21)7-5-15)20(19,26)12-24-14-22-13-23-24/h3-7,13-14,16,26H,1,8-12H2,2H3. The molecule has 3 unspecified atom stereocenters. The highest BCUT2D eigenvalue weighted by Crippen LogP contribution is 2.52. The Bertz CT molecular complexity index is 793. The molecule has 3 rings (SSSR count). The van der Waals surface area contributed by atoms with Crippen molar-refractivity contribution in [1.82, 2.24) is 14.8 Å². The van der Waals surface area contributed by atoms with Crippen molar-refractivity contribution >= 4 is 17.6 Å². The molecule has 0 aliphatic heterocycles. The highest BCUT2D eigenvalue weighted by molar-refractivity contribution is 6.30. The number of carbonyl (C=O) groups excluding carboxylic acids is 1. The zero-order valence-electron chi connectivity index (χ0n) is 15.3. The Balaban J connectivity index is 1.91. The average molecular weight is 390 g/mol. The van der Waals surface area contributed by atoms with E-state index in [0.717, 1.165) is 5.56 Å². The van der Waals surface area contributed by atoms with Crippen LogP contribution in [0.3, 0.4) is 0 Å². The second kappa shape index (κ2) is 7.82. The van der Waals surface area contributed by atoms with E-state index < -0.39 is 17.0 Å². The first-order valence-corrected chi connectivity index (χ1v) is 9.34. The van der Waals surface area contributed by atoms with Gasteiger partial charge in [0.15, 0.2) is 0 Å². The predicted octanol–water partition coefficient (Wildman–Crippen LogP) is 3.05. The van der Waals surface area contributed by atoms with Crippen LogP contribution in [0.15, 0.2) is 49.6 Å². The topological polar surface area (TPSA) is 77.2 Å². The molecule has 0 bridgehead atoms. The number of carbonyl (C=O) groups is 1. The highest BCUT2D eigenvalue weighted by Gasteiger charge is 2.61. The van der Waals surface area contributed by atoms with Gasteiger partial charge in [0.05, 0.1) is 12.0 Å². The van der Waals surface area contributed by atoms with Crippen molar-refractivity contribution in [2.24, 2.45) is 11.3 Å². The number of nitrogens with zero attached hydrogens (tertiary/aromatic N) is 3. The van der Waals surface area contributed by atoms with Crippen LogP contribution in [0.1, 0.15) is 25.3 Å². The minimum absolute atomic E-state index is 0.121. The monoisotopic (exact) mass is 389 g/mol. The number of ether oxygens (including phenoxy) is 1. The molecular weight excluding hydrogens is 366 g/mol. The van der Waals surface area contributed by atoms with E-state index in [1.54, 1.807) is 17.9 Å². The van der Waals surface area contributed by atoms with E-state index in [9.17, 15) is 9.90 Å². The first kappa shape index (κ1) is 19.6. The molecule has 1 aliphatic rings. The number of aliphatic hydroxyl groups is 1. The maximum atomic E-state index is 12.8. The van der Waals surface area contributed by atoms with Gasteiger partial charge in [-0.05, 0) is 49.8 Å². The lowest BCUT2D eigenvalue weighted by Crippen LogP contribution is -2.55. The number of rotatable bonds is 7. The Morgan fingerprint density at radius 3 is 2.85 bits per heavy atom. The second-order valence-corrected chi connectivity index (χ2v) is 7.74. The van der Waals surface area contributed by atoms with E-state index in [1.165, 1.54) is 12.4 Å². The van der Waals surface area contributed by atoms with Gasteiger partial charge in [-0.2, -0.15) is 5.10 Å². The molecule has 1 saturated carbocycles. The summed E-state index contributed by atoms with van der Waals surface area (Å²) in [6.07, 6.45) is 6.36. The molecule has 1 aliphatic carbocycles. The third kappa shape index (κ3) is 3.77. The van der Waals surface area contributed by atoms with Crippen molar-refractivity contribution in [3.8, 4) is 0 Å². The van der Waals surface area contributed by atoms with Gasteiger partial charge in [0.1, 0.15) is 24.9 Å². The molecule has 0 radical (unpaired) electrons. The molecule has 27 heavy (non-hydrogen) atoms. The summed E-state index contributed by atoms with van der Waals surface area (Å²) in [6, 6.07) is 7.56. The van der Waals surface area contributed by atoms with Crippen molar-refractivity contribution in [1.29, 1.82) is 0 Å². The number of hydrogen-bond donors (Lipinski definition) is 1. The summed E-state index contributed by atoms with van der Waals surface area (Å²) in [7, 11) is 0. The smallest absolute Gasteiger partial charge is 0.315 e. The van der Waals surface area contributed by atoms with Gasteiger partial charge in [0.2, 0.25) is 0 Å². The number of benzene rings is 1. The van der Waals surface area contributed by atoms with E-state index in [0.29, 0.717) is 24.3 Å². The fraction of sp³-hybridized carbons (Fsp3) is 0.450. The first-order chi connectivity index (χ1) is 12.9. The minimum atomic E-state index is -1.32. The Labute approximate surface area is 163 Å². The largest absolute Gasteiger partial charge is 0.461 e. The summed E-state index contributed by atoms with van der Waals surface area (Å²) in [6.45, 7) is 5.65. The van der Waals surface area contributed by atoms with E-state index in [-0.39, 0.29) is 19.1 Å². The SMILES string of the molecule is C=CCOC(=O)C1(C)CCC(Cc2ccc(Cl)cc2)C1(O)Cn1cncn1. The van der Waals surface area contributed by atoms with Crippen LogP contribution in [0.5, 0.6) is 0 Å². The maximum Gasteiger partial charge on any atom is 0.315 e. The van der Waals surface area contributed by atoms with Gasteiger partial charge >= 0.3 is 5.97 Å². The molecule has 7 heteroatoms. The van der Waals surface area contributed by atoms with Gasteiger partial charge in [0, 0.05) is 5.02 Å². The molecule has 0 spiro atoms. The van der Waals surface area contributed by atoms with Crippen molar-refractivity contribution in [2.75, 3.05) is 6.61 Å². The van der Waals surface area contributed by atoms with Gasteiger partial charge in [-0.25, -0.2) is 4.98 Å². The van der Waals surface area contributed by atoms with Crippen molar-refractivity contribution < 1.29 is 14.6 Å². The Hall–Kier alpha value is -2.18. The van der Waals surface area contributed by atoms with Crippen LogP contribution < -0.4 is 0 Å². The molecule has 6 nitrogen and oxygen atoms in total. The molecule has 1 aromatic carbocycles. The molecule has 1 fully saturated rings. The minimum Gasteiger partial charge on any atom is -0.461 e. The predicted molar refractivity (Wildman–Crippen MR) is 102 cm³/mol. The molecule has 1 N–H and O–H groups in total. The second-order valence-electron chi connectivity index (χ2n) is 7.30. The molecule has 2 aromatic rings. The number of halogens is 1. The van der Waals surface area contributed by atoms with Crippen LogP contribution in [-0.2, 0) is 22.5 Å². The summed E-state index contributed by atoms with van der Waals surface area (Å²) in [5, 5.41) is 16.6. The summed E-state index contributed by atoms with van der Waals surface area (Å²) in [5.74, 6) is -0.548. The van der Waals surface area contributed by atoms with E-state index in [2.05, 4.69) is 16.7 Å². The van der Waals surface area contributed by atoms with Gasteiger partial charge in [-0.3, -0.25) is 9.48 Å². The maximum absolute atomic E-state index is 12.8. The summed E-state index contributed by atoms with van der Waals surface area (Å²) in [4.78, 5) is 16.8. The number of hydrogen-bond acceptors (Lipinski definition) is 5. The summed E-state index contributed by atoms with van der Waals surface area (Å²) < 4.78 is 6.90. The lowest BCUT2D eigenvalue weighted by atomic mass is 9.71. The van der Waals surface area contributed by atoms with E-state index in [4.69, 9.17) is 16.3 Å². The van der Waals surface area contributed by atoms with Gasteiger partial charge in [-0.15, -0.1) is 0 Å². The fourth-order valence-electron chi connectivity index (χ4n) is 3.98. The third-order valence-electron chi connectivity index (χ3n) is 5.67. The van der Waals surface area contributed by atoms with Crippen LogP contribution in [0.2, 0.25) is 5.02 Å². The van der Waals surface area contributed by atoms with Gasteiger partial charge in [-0.1, -0.05) is 36.4 Å². The molecule has 1 heterocycles. The lowest BCUT2D eigenvalue weighted by Gasteiger charge is -2.41. The lowest BCUT2D eigenvalue weighted by molar-refractivity contribution is -0.174. The molecule has 0 amide bonds. The Morgan fingerprint density at radius 2 is 2.22 bits per heavy atom. The van der Waals surface area contributed by atoms with Gasteiger partial charge in [0.25, 0.3) is 0 Å². The average Bonchev–Trinajstić information content (AvgIpc) is 3.24. The molecular formula is C20H24ClN3O3. The Morgan fingerprint density at radius 1 is 1.48 bits per heavy atom. The van der Waals surface area contributed by atoms with E-state index in [1.807, 2.05) is 24.3 Å². The van der Waals surface area contributed by atoms with Crippen molar-refractivity contribution in [3.05, 3.63) is 60.2 Å². The quantitative estimate of drug-likeness (QED) is 0.581. The number of esters is 1. The first-order valence-electron chi connectivity index (χ1n) is 8.96. The van der Waals surface area contributed by atoms with Gasteiger partial charge < -0.3 is 9.84 Å². The number of aromatic nitrogens is 3. The van der Waals surface area contributed by atoms with E-state index >= 15 is 0 Å². The van der Waals surface area contributed by atoms with Crippen LogP contribution in [0.25, 0.3) is 0 Å². The summed E-state index contributed by atoms with van der Waals surface area (Å²) >= 11 is 5.98. The summed E-state index contributed by atoms with van der Waals surface area (Å²) in [5.41, 5.74) is -1.30.